The van der Waals surface area contributed by atoms with Gasteiger partial charge in [-0.1, -0.05) is 20.3 Å². The largest absolute Gasteiger partial charge is 0.357 e. The first-order valence-corrected chi connectivity index (χ1v) is 9.21. The van der Waals surface area contributed by atoms with Crippen LogP contribution >= 0.6 is 0 Å². The molecule has 2 nitrogen and oxygen atoms in total. The number of rotatable bonds is 0. The summed E-state index contributed by atoms with van der Waals surface area (Å²) in [5.41, 5.74) is 0.893. The second-order valence-corrected chi connectivity index (χ2v) is 9.27. The molecule has 0 aromatic rings. The zero-order chi connectivity index (χ0) is 14.5. The lowest BCUT2D eigenvalue weighted by molar-refractivity contribution is -0.129. The van der Waals surface area contributed by atoms with Crippen LogP contribution in [0.5, 0.6) is 0 Å². The number of hydrogen-bond acceptors (Lipinski definition) is 2. The highest BCUT2D eigenvalue weighted by molar-refractivity contribution is 5.88. The molecule has 0 amide bonds. The predicted molar refractivity (Wildman–Crippen MR) is 80.8 cm³/mol. The Morgan fingerprint density at radius 1 is 1.00 bits per heavy atom. The fourth-order valence-corrected chi connectivity index (χ4v) is 7.49. The predicted octanol–water partition coefficient (Wildman–Crippen LogP) is 4.12. The van der Waals surface area contributed by atoms with E-state index in [0.29, 0.717) is 16.6 Å². The maximum atomic E-state index is 12.1. The minimum Gasteiger partial charge on any atom is -0.357 e. The van der Waals surface area contributed by atoms with E-state index in [1.54, 1.807) is 0 Å². The van der Waals surface area contributed by atoms with Crippen molar-refractivity contribution in [2.45, 2.75) is 83.3 Å². The number of carbonyl (C=O) groups is 1. The summed E-state index contributed by atoms with van der Waals surface area (Å²) in [5, 5.41) is 0. The monoisotopic (exact) mass is 288 g/mol. The molecule has 0 bridgehead atoms. The Hall–Kier alpha value is -0.370. The number of ether oxygens (including phenoxy) is 1. The van der Waals surface area contributed by atoms with Gasteiger partial charge in [-0.2, -0.15) is 0 Å². The number of Topliss-reactive ketones (excluding diaryl/α,β-unsaturated/α-hetero) is 1. The molecule has 4 aliphatic carbocycles. The van der Waals surface area contributed by atoms with Gasteiger partial charge in [-0.15, -0.1) is 0 Å². The molecule has 5 rings (SSSR count). The van der Waals surface area contributed by atoms with Crippen molar-refractivity contribution >= 4 is 5.78 Å². The van der Waals surface area contributed by atoms with E-state index in [2.05, 4.69) is 13.8 Å². The highest BCUT2D eigenvalue weighted by atomic mass is 16.6. The average molecular weight is 288 g/mol. The van der Waals surface area contributed by atoms with Gasteiger partial charge in [0.1, 0.15) is 11.7 Å². The zero-order valence-corrected chi connectivity index (χ0v) is 13.5. The summed E-state index contributed by atoms with van der Waals surface area (Å²) in [4.78, 5) is 12.1. The number of hydrogen-bond donors (Lipinski definition) is 0. The fourth-order valence-electron chi connectivity index (χ4n) is 7.49. The van der Waals surface area contributed by atoms with Crippen LogP contribution in [-0.2, 0) is 9.53 Å². The van der Waals surface area contributed by atoms with Gasteiger partial charge < -0.3 is 4.74 Å². The van der Waals surface area contributed by atoms with E-state index >= 15 is 0 Å². The first-order valence-electron chi connectivity index (χ1n) is 9.21. The van der Waals surface area contributed by atoms with Crippen LogP contribution in [0.3, 0.4) is 0 Å². The summed E-state index contributed by atoms with van der Waals surface area (Å²) in [6.45, 7) is 5.04. The smallest absolute Gasteiger partial charge is 0.164 e. The third kappa shape index (κ3) is 1.37. The van der Waals surface area contributed by atoms with Crippen molar-refractivity contribution in [3.8, 4) is 0 Å². The molecule has 5 fully saturated rings. The van der Waals surface area contributed by atoms with E-state index in [-0.39, 0.29) is 11.7 Å². The number of fused-ring (bicyclic) bond motifs is 4. The van der Waals surface area contributed by atoms with Crippen molar-refractivity contribution in [2.75, 3.05) is 0 Å². The molecule has 5 unspecified atom stereocenters. The maximum Gasteiger partial charge on any atom is 0.164 e. The summed E-state index contributed by atoms with van der Waals surface area (Å²) in [6, 6.07) is 0. The molecule has 116 valence electrons. The second-order valence-electron chi connectivity index (χ2n) is 9.27. The maximum absolute atomic E-state index is 12.1. The van der Waals surface area contributed by atoms with Crippen molar-refractivity contribution < 1.29 is 9.53 Å². The van der Waals surface area contributed by atoms with Gasteiger partial charge in [0.25, 0.3) is 0 Å². The Balaban J connectivity index is 1.52. The van der Waals surface area contributed by atoms with E-state index < -0.39 is 0 Å². The Labute approximate surface area is 128 Å². The molecule has 1 saturated heterocycles. The first kappa shape index (κ1) is 13.1. The molecule has 1 heterocycles. The summed E-state index contributed by atoms with van der Waals surface area (Å²) in [6.07, 6.45) is 11.5. The van der Waals surface area contributed by atoms with Crippen molar-refractivity contribution in [2.24, 2.45) is 28.6 Å². The van der Waals surface area contributed by atoms with Gasteiger partial charge >= 0.3 is 0 Å². The Morgan fingerprint density at radius 3 is 2.71 bits per heavy atom. The molecule has 21 heavy (non-hydrogen) atoms. The quantitative estimate of drug-likeness (QED) is 0.628. The van der Waals surface area contributed by atoms with Gasteiger partial charge in [0.2, 0.25) is 0 Å². The third-order valence-corrected chi connectivity index (χ3v) is 8.73. The van der Waals surface area contributed by atoms with E-state index in [1.807, 2.05) is 0 Å². The van der Waals surface area contributed by atoms with Crippen LogP contribution in [0.15, 0.2) is 0 Å². The van der Waals surface area contributed by atoms with Crippen molar-refractivity contribution in [3.05, 3.63) is 0 Å². The average Bonchev–Trinajstić information content (AvgIpc) is 3.08. The molecule has 1 spiro atoms. The molecular formula is C19H28O2. The van der Waals surface area contributed by atoms with Gasteiger partial charge in [-0.3, -0.25) is 4.79 Å². The van der Waals surface area contributed by atoms with Gasteiger partial charge in [-0.25, -0.2) is 0 Å². The standard InChI is InChI=1S/C19H28O2/c1-17-8-3-4-13(17)12-5-11-19-16(21-19)15(20)7-10-18(19,2)14(12)6-9-17/h12-14,16H,3-11H2,1-2H3/t12?,13?,14?,16-,17?,18?,19-/m1/s1. The third-order valence-electron chi connectivity index (χ3n) is 8.73. The summed E-state index contributed by atoms with van der Waals surface area (Å²) < 4.78 is 6.12. The molecule has 0 N–H and O–H groups in total. The lowest BCUT2D eigenvalue weighted by Gasteiger charge is -2.58. The molecule has 0 aromatic carbocycles. The molecule has 0 radical (unpaired) electrons. The van der Waals surface area contributed by atoms with E-state index in [0.717, 1.165) is 37.0 Å². The lowest BCUT2D eigenvalue weighted by Crippen LogP contribution is -2.57. The number of carbonyl (C=O) groups excluding carboxylic acids is 1. The molecule has 0 aromatic heterocycles. The molecule has 1 aliphatic heterocycles. The molecule has 7 atom stereocenters. The second kappa shape index (κ2) is 3.75. The zero-order valence-electron chi connectivity index (χ0n) is 13.5. The van der Waals surface area contributed by atoms with E-state index in [1.165, 1.54) is 38.5 Å². The Bertz CT molecular complexity index is 514. The highest BCUT2D eigenvalue weighted by Crippen LogP contribution is 2.72. The van der Waals surface area contributed by atoms with Crippen molar-refractivity contribution in [3.63, 3.8) is 0 Å². The van der Waals surface area contributed by atoms with Gasteiger partial charge in [-0.05, 0) is 68.1 Å². The highest BCUT2D eigenvalue weighted by Gasteiger charge is 2.76. The van der Waals surface area contributed by atoms with Crippen LogP contribution in [0.4, 0.5) is 0 Å². The van der Waals surface area contributed by atoms with E-state index in [4.69, 9.17) is 4.74 Å². The van der Waals surface area contributed by atoms with Crippen LogP contribution < -0.4 is 0 Å². The van der Waals surface area contributed by atoms with Crippen LogP contribution in [0.1, 0.15) is 71.6 Å². The van der Waals surface area contributed by atoms with Crippen LogP contribution in [0, 0.1) is 28.6 Å². The van der Waals surface area contributed by atoms with Crippen LogP contribution in [0.25, 0.3) is 0 Å². The van der Waals surface area contributed by atoms with Crippen LogP contribution in [-0.4, -0.2) is 17.5 Å². The first-order chi connectivity index (χ1) is 10.0. The fraction of sp³-hybridized carbons (Fsp3) is 0.947. The van der Waals surface area contributed by atoms with Gasteiger partial charge in [0, 0.05) is 11.8 Å². The van der Waals surface area contributed by atoms with Crippen LogP contribution in [0.2, 0.25) is 0 Å². The van der Waals surface area contributed by atoms with Gasteiger partial charge in [0.15, 0.2) is 5.78 Å². The lowest BCUT2D eigenvalue weighted by atomic mass is 9.45. The molecule has 5 aliphatic rings. The SMILES string of the molecule is CC12CCCC1C1CC[C@@]34O[C@@H]3C(=O)CCC4(C)C1CC2. The minimum absolute atomic E-state index is 0.0194. The minimum atomic E-state index is -0.0319. The van der Waals surface area contributed by atoms with E-state index in [9.17, 15) is 4.79 Å². The van der Waals surface area contributed by atoms with Crippen molar-refractivity contribution in [1.82, 2.24) is 0 Å². The Kier molecular flexibility index (Phi) is 2.34. The molecule has 4 saturated carbocycles. The topological polar surface area (TPSA) is 29.6 Å². The number of ketones is 1. The number of epoxide rings is 1. The molecular weight excluding hydrogens is 260 g/mol. The summed E-state index contributed by atoms with van der Waals surface area (Å²) in [5.74, 6) is 3.09. The molecule has 2 heteroatoms. The van der Waals surface area contributed by atoms with Crippen molar-refractivity contribution in [1.29, 1.82) is 0 Å². The summed E-state index contributed by atoms with van der Waals surface area (Å²) in [7, 11) is 0. The normalized spacial score (nSPS) is 61.5. The van der Waals surface area contributed by atoms with Gasteiger partial charge in [0.05, 0.1) is 0 Å². The summed E-state index contributed by atoms with van der Waals surface area (Å²) >= 11 is 0. The Morgan fingerprint density at radius 2 is 1.86 bits per heavy atom.